The van der Waals surface area contributed by atoms with Gasteiger partial charge in [0.2, 0.25) is 5.91 Å². The summed E-state index contributed by atoms with van der Waals surface area (Å²) in [5.41, 5.74) is 2.26. The molecule has 5 nitrogen and oxygen atoms in total. The molecule has 2 heterocycles. The fourth-order valence-corrected chi connectivity index (χ4v) is 3.43. The first kappa shape index (κ1) is 16.7. The van der Waals surface area contributed by atoms with Gasteiger partial charge in [-0.3, -0.25) is 4.79 Å². The second-order valence-corrected chi connectivity index (χ2v) is 6.76. The molecule has 0 aliphatic carbocycles. The van der Waals surface area contributed by atoms with Gasteiger partial charge in [0.05, 0.1) is 6.04 Å². The van der Waals surface area contributed by atoms with E-state index in [9.17, 15) is 9.59 Å². The molecule has 1 atom stereocenters. The number of imide groups is 1. The molecule has 0 radical (unpaired) electrons. The molecule has 5 heteroatoms. The third kappa shape index (κ3) is 3.35. The van der Waals surface area contributed by atoms with Crippen LogP contribution in [0.5, 0.6) is 0 Å². The summed E-state index contributed by atoms with van der Waals surface area (Å²) in [6.07, 6.45) is 6.42. The van der Waals surface area contributed by atoms with E-state index in [1.807, 2.05) is 19.1 Å². The average molecular weight is 328 g/mol. The van der Waals surface area contributed by atoms with Crippen molar-refractivity contribution in [3.63, 3.8) is 0 Å². The van der Waals surface area contributed by atoms with Crippen LogP contribution in [0.25, 0.3) is 0 Å². The summed E-state index contributed by atoms with van der Waals surface area (Å²) >= 11 is 0. The van der Waals surface area contributed by atoms with Gasteiger partial charge in [0.1, 0.15) is 18.7 Å². The van der Waals surface area contributed by atoms with Crippen molar-refractivity contribution >= 4 is 23.5 Å². The molecule has 3 amide bonds. The number of rotatable bonds is 6. The standard InChI is InChI=1S/C19H25N3O2/c1-3-4-5-6-7-15-8-10-16(11-9-15)20-17-12-18(23)22-14(2)13-21(17)19(22)24/h8-11,14H,3-7,12-13H2,1-2H3/p+1. The molecule has 1 aromatic rings. The van der Waals surface area contributed by atoms with E-state index in [2.05, 4.69) is 24.0 Å². The third-order valence-electron chi connectivity index (χ3n) is 4.80. The van der Waals surface area contributed by atoms with Crippen LogP contribution in [0.1, 0.15) is 51.5 Å². The molecule has 2 aliphatic heterocycles. The summed E-state index contributed by atoms with van der Waals surface area (Å²) in [7, 11) is 0. The van der Waals surface area contributed by atoms with E-state index in [0.29, 0.717) is 12.4 Å². The minimum absolute atomic E-state index is 0.0465. The molecular weight excluding hydrogens is 302 g/mol. The Balaban J connectivity index is 1.68. The van der Waals surface area contributed by atoms with Crippen molar-refractivity contribution in [3.8, 4) is 0 Å². The minimum atomic E-state index is -0.200. The minimum Gasteiger partial charge on any atom is -0.274 e. The maximum Gasteiger partial charge on any atom is 0.418 e. The van der Waals surface area contributed by atoms with E-state index in [1.165, 1.54) is 36.1 Å². The molecule has 2 aliphatic rings. The number of carbonyl (C=O) groups is 2. The quantitative estimate of drug-likeness (QED) is 0.812. The lowest BCUT2D eigenvalue weighted by Crippen LogP contribution is -2.73. The van der Waals surface area contributed by atoms with Crippen LogP contribution >= 0.6 is 0 Å². The largest absolute Gasteiger partial charge is 0.418 e. The Morgan fingerprint density at radius 1 is 1.12 bits per heavy atom. The summed E-state index contributed by atoms with van der Waals surface area (Å²) in [5.74, 6) is 0.581. The Morgan fingerprint density at radius 3 is 2.58 bits per heavy atom. The summed E-state index contributed by atoms with van der Waals surface area (Å²) in [5, 5.41) is 0. The molecule has 3 rings (SSSR count). The zero-order valence-electron chi connectivity index (χ0n) is 14.5. The number of amides is 3. The van der Waals surface area contributed by atoms with Gasteiger partial charge in [0, 0.05) is 0 Å². The topological polar surface area (TPSA) is 54.6 Å². The predicted molar refractivity (Wildman–Crippen MR) is 92.9 cm³/mol. The number of urea groups is 1. The predicted octanol–water partition coefficient (Wildman–Crippen LogP) is 1.98. The number of nitrogens with zero attached hydrogens (tertiary/aromatic N) is 2. The maximum absolute atomic E-state index is 12.2. The van der Waals surface area contributed by atoms with Crippen molar-refractivity contribution in [2.75, 3.05) is 6.54 Å². The first-order valence-corrected chi connectivity index (χ1v) is 8.95. The van der Waals surface area contributed by atoms with Crippen LogP contribution in [0.3, 0.4) is 0 Å². The van der Waals surface area contributed by atoms with Crippen molar-refractivity contribution in [1.29, 1.82) is 0 Å². The Bertz CT molecular complexity index is 651. The van der Waals surface area contributed by atoms with Crippen molar-refractivity contribution in [2.24, 2.45) is 0 Å². The van der Waals surface area contributed by atoms with Gasteiger partial charge in [-0.05, 0) is 37.5 Å². The van der Waals surface area contributed by atoms with E-state index in [4.69, 9.17) is 0 Å². The second kappa shape index (κ2) is 7.16. The smallest absolute Gasteiger partial charge is 0.274 e. The van der Waals surface area contributed by atoms with Crippen LogP contribution in [0.4, 0.5) is 10.5 Å². The van der Waals surface area contributed by atoms with Gasteiger partial charge in [-0.1, -0.05) is 38.3 Å². The van der Waals surface area contributed by atoms with Gasteiger partial charge < -0.3 is 0 Å². The SMILES string of the molecule is CCCCCCc1ccc([NH+]=C2CC(=O)N3C(=O)N2CC3C)cc1. The fraction of sp³-hybridized carbons (Fsp3) is 0.526. The van der Waals surface area contributed by atoms with Crippen LogP contribution in [0, 0.1) is 0 Å². The average Bonchev–Trinajstić information content (AvgIpc) is 2.79. The maximum atomic E-state index is 12.2. The Morgan fingerprint density at radius 2 is 1.88 bits per heavy atom. The van der Waals surface area contributed by atoms with Crippen LogP contribution in [-0.2, 0) is 11.2 Å². The van der Waals surface area contributed by atoms with Gasteiger partial charge in [-0.15, -0.1) is 0 Å². The molecular formula is C19H26N3O2+. The molecule has 0 aromatic heterocycles. The number of amidine groups is 1. The first-order valence-electron chi connectivity index (χ1n) is 8.95. The molecule has 1 aromatic carbocycles. The third-order valence-corrected chi connectivity index (χ3v) is 4.80. The van der Waals surface area contributed by atoms with Gasteiger partial charge in [-0.25, -0.2) is 14.7 Å². The lowest BCUT2D eigenvalue weighted by Gasteiger charge is -2.19. The lowest BCUT2D eigenvalue weighted by atomic mass is 10.1. The van der Waals surface area contributed by atoms with Crippen molar-refractivity contribution in [2.45, 2.75) is 58.4 Å². The zero-order valence-corrected chi connectivity index (χ0v) is 14.5. The number of fused-ring (bicyclic) bond motifs is 2. The molecule has 0 saturated carbocycles. The van der Waals surface area contributed by atoms with E-state index >= 15 is 0 Å². The number of nitrogens with one attached hydrogen (secondary N) is 1. The highest BCUT2D eigenvalue weighted by Crippen LogP contribution is 2.22. The molecule has 0 spiro atoms. The number of aryl methyl sites for hydroxylation is 1. The van der Waals surface area contributed by atoms with Crippen LogP contribution in [0.2, 0.25) is 0 Å². The van der Waals surface area contributed by atoms with E-state index < -0.39 is 0 Å². The molecule has 1 N–H and O–H groups in total. The van der Waals surface area contributed by atoms with Crippen molar-refractivity contribution in [3.05, 3.63) is 29.8 Å². The Hall–Kier alpha value is -2.17. The highest BCUT2D eigenvalue weighted by Gasteiger charge is 2.51. The van der Waals surface area contributed by atoms with E-state index in [1.54, 1.807) is 4.90 Å². The number of hydrogen-bond acceptors (Lipinski definition) is 2. The highest BCUT2D eigenvalue weighted by molar-refractivity contribution is 6.15. The number of hydrogen-bond donors (Lipinski definition) is 1. The Kier molecular flexibility index (Phi) is 4.97. The van der Waals surface area contributed by atoms with Gasteiger partial charge >= 0.3 is 6.03 Å². The van der Waals surface area contributed by atoms with Crippen LogP contribution < -0.4 is 4.99 Å². The lowest BCUT2D eigenvalue weighted by molar-refractivity contribution is -0.361. The van der Waals surface area contributed by atoms with Crippen molar-refractivity contribution in [1.82, 2.24) is 9.80 Å². The van der Waals surface area contributed by atoms with Gasteiger partial charge in [0.15, 0.2) is 0 Å². The first-order chi connectivity index (χ1) is 11.6. The molecule has 128 valence electrons. The fourth-order valence-electron chi connectivity index (χ4n) is 3.43. The van der Waals surface area contributed by atoms with Crippen LogP contribution in [-0.4, -0.2) is 40.2 Å². The van der Waals surface area contributed by atoms with Crippen molar-refractivity contribution < 1.29 is 14.6 Å². The second-order valence-electron chi connectivity index (χ2n) is 6.76. The summed E-state index contributed by atoms with van der Waals surface area (Å²) < 4.78 is 0. The summed E-state index contributed by atoms with van der Waals surface area (Å²) in [4.78, 5) is 30.6. The monoisotopic (exact) mass is 328 g/mol. The molecule has 24 heavy (non-hydrogen) atoms. The molecule has 1 unspecified atom stereocenters. The number of benzene rings is 1. The highest BCUT2D eigenvalue weighted by atomic mass is 16.2. The number of unbranched alkanes of at least 4 members (excludes halogenated alkanes) is 3. The molecule has 2 bridgehead atoms. The van der Waals surface area contributed by atoms with E-state index in [0.717, 1.165) is 12.1 Å². The van der Waals surface area contributed by atoms with E-state index in [-0.39, 0.29) is 24.4 Å². The summed E-state index contributed by atoms with van der Waals surface area (Å²) in [6.45, 7) is 4.70. The van der Waals surface area contributed by atoms with Crippen LogP contribution in [0.15, 0.2) is 24.3 Å². The Labute approximate surface area is 143 Å². The van der Waals surface area contributed by atoms with Gasteiger partial charge in [-0.2, -0.15) is 4.90 Å². The van der Waals surface area contributed by atoms with Gasteiger partial charge in [0.25, 0.3) is 5.84 Å². The molecule has 2 fully saturated rings. The molecule has 2 saturated heterocycles. The normalized spacial score (nSPS) is 21.9. The summed E-state index contributed by atoms with van der Waals surface area (Å²) in [6, 6.07) is 8.07. The number of carbonyl (C=O) groups excluding carboxylic acids is 2. The zero-order chi connectivity index (χ0) is 17.1.